The summed E-state index contributed by atoms with van der Waals surface area (Å²) in [4.78, 5) is 31.5. The lowest BCUT2D eigenvalue weighted by Gasteiger charge is -2.03. The lowest BCUT2D eigenvalue weighted by atomic mass is 10.1. The van der Waals surface area contributed by atoms with Gasteiger partial charge in [0, 0.05) is 30.6 Å². The van der Waals surface area contributed by atoms with Gasteiger partial charge in [-0.25, -0.2) is 4.98 Å². The molecule has 0 unspecified atom stereocenters. The third-order valence-corrected chi connectivity index (χ3v) is 4.17. The quantitative estimate of drug-likeness (QED) is 0.739. The SMILES string of the molecule is CC(=O)NCc1ccc(-c2csc(NC(=O)c3ccccn3)n2)cc1. The van der Waals surface area contributed by atoms with Crippen LogP contribution in [0.25, 0.3) is 11.3 Å². The van der Waals surface area contributed by atoms with Crippen LogP contribution in [0.2, 0.25) is 0 Å². The molecule has 3 aromatic rings. The summed E-state index contributed by atoms with van der Waals surface area (Å²) in [6, 6.07) is 12.9. The Morgan fingerprint density at radius 1 is 1.12 bits per heavy atom. The van der Waals surface area contributed by atoms with Gasteiger partial charge in [0.15, 0.2) is 5.13 Å². The van der Waals surface area contributed by atoms with Crippen molar-refractivity contribution in [3.63, 3.8) is 0 Å². The Labute approximate surface area is 149 Å². The van der Waals surface area contributed by atoms with E-state index in [0.29, 0.717) is 17.4 Å². The van der Waals surface area contributed by atoms with Gasteiger partial charge in [-0.1, -0.05) is 30.3 Å². The number of nitrogens with one attached hydrogen (secondary N) is 2. The maximum absolute atomic E-state index is 12.1. The number of carbonyl (C=O) groups is 2. The number of thiazole rings is 1. The zero-order chi connectivity index (χ0) is 17.6. The molecule has 2 aromatic heterocycles. The van der Waals surface area contributed by atoms with Gasteiger partial charge < -0.3 is 5.32 Å². The van der Waals surface area contributed by atoms with E-state index in [2.05, 4.69) is 20.6 Å². The van der Waals surface area contributed by atoms with Gasteiger partial charge in [0.2, 0.25) is 5.91 Å². The van der Waals surface area contributed by atoms with Crippen molar-refractivity contribution in [2.45, 2.75) is 13.5 Å². The van der Waals surface area contributed by atoms with E-state index in [1.54, 1.807) is 24.4 Å². The van der Waals surface area contributed by atoms with Crippen molar-refractivity contribution < 1.29 is 9.59 Å². The summed E-state index contributed by atoms with van der Waals surface area (Å²) in [5.74, 6) is -0.343. The number of amides is 2. The predicted molar refractivity (Wildman–Crippen MR) is 97.3 cm³/mol. The first-order chi connectivity index (χ1) is 12.1. The van der Waals surface area contributed by atoms with E-state index >= 15 is 0 Å². The molecular weight excluding hydrogens is 336 g/mol. The van der Waals surface area contributed by atoms with Gasteiger partial charge in [0.05, 0.1) is 5.69 Å². The predicted octanol–water partition coefficient (Wildman–Crippen LogP) is 3.09. The number of rotatable bonds is 5. The Kier molecular flexibility index (Phi) is 5.15. The van der Waals surface area contributed by atoms with Crippen LogP contribution in [0.5, 0.6) is 0 Å². The minimum atomic E-state index is -0.285. The van der Waals surface area contributed by atoms with Gasteiger partial charge in [0.1, 0.15) is 5.69 Å². The Hall–Kier alpha value is -3.06. The van der Waals surface area contributed by atoms with E-state index in [1.807, 2.05) is 29.6 Å². The van der Waals surface area contributed by atoms with Gasteiger partial charge >= 0.3 is 0 Å². The highest BCUT2D eigenvalue weighted by molar-refractivity contribution is 7.14. The molecule has 0 spiro atoms. The van der Waals surface area contributed by atoms with E-state index in [1.165, 1.54) is 18.3 Å². The first-order valence-electron chi connectivity index (χ1n) is 7.63. The largest absolute Gasteiger partial charge is 0.352 e. The van der Waals surface area contributed by atoms with Crippen LogP contribution in [0.4, 0.5) is 5.13 Å². The maximum Gasteiger partial charge on any atom is 0.276 e. The Morgan fingerprint density at radius 2 is 1.92 bits per heavy atom. The third kappa shape index (κ3) is 4.48. The standard InChI is InChI=1S/C18H16N4O2S/c1-12(23)20-10-13-5-7-14(8-6-13)16-11-25-18(21-16)22-17(24)15-4-2-3-9-19-15/h2-9,11H,10H2,1H3,(H,20,23)(H,21,22,24). The normalized spacial score (nSPS) is 10.3. The van der Waals surface area contributed by atoms with Gasteiger partial charge in [-0.05, 0) is 17.7 Å². The van der Waals surface area contributed by atoms with Crippen molar-refractivity contribution in [1.82, 2.24) is 15.3 Å². The van der Waals surface area contributed by atoms with Crippen molar-refractivity contribution in [3.8, 4) is 11.3 Å². The van der Waals surface area contributed by atoms with Crippen LogP contribution in [0.15, 0.2) is 54.0 Å². The maximum atomic E-state index is 12.1. The third-order valence-electron chi connectivity index (χ3n) is 3.41. The second kappa shape index (κ2) is 7.67. The summed E-state index contributed by atoms with van der Waals surface area (Å²) in [5, 5.41) is 7.91. The molecule has 126 valence electrons. The molecule has 0 atom stereocenters. The molecule has 0 fully saturated rings. The first kappa shape index (κ1) is 16.8. The van der Waals surface area contributed by atoms with Crippen molar-refractivity contribution in [1.29, 1.82) is 0 Å². The van der Waals surface area contributed by atoms with Crippen molar-refractivity contribution in [2.75, 3.05) is 5.32 Å². The lowest BCUT2D eigenvalue weighted by Crippen LogP contribution is -2.18. The summed E-state index contributed by atoms with van der Waals surface area (Å²) in [7, 11) is 0. The molecule has 2 amide bonds. The summed E-state index contributed by atoms with van der Waals surface area (Å²) >= 11 is 1.36. The molecule has 7 heteroatoms. The summed E-state index contributed by atoms with van der Waals surface area (Å²) < 4.78 is 0. The number of carbonyl (C=O) groups excluding carboxylic acids is 2. The lowest BCUT2D eigenvalue weighted by molar-refractivity contribution is -0.119. The number of benzene rings is 1. The highest BCUT2D eigenvalue weighted by atomic mass is 32.1. The minimum absolute atomic E-state index is 0.0585. The number of anilines is 1. The van der Waals surface area contributed by atoms with Gasteiger partial charge in [-0.2, -0.15) is 0 Å². The van der Waals surface area contributed by atoms with Crippen LogP contribution in [-0.4, -0.2) is 21.8 Å². The fraction of sp³-hybridized carbons (Fsp3) is 0.111. The van der Waals surface area contributed by atoms with Gasteiger partial charge in [-0.15, -0.1) is 11.3 Å². The number of pyridine rings is 1. The molecular formula is C18H16N4O2S. The van der Waals surface area contributed by atoms with E-state index in [4.69, 9.17) is 0 Å². The fourth-order valence-corrected chi connectivity index (χ4v) is 2.86. The van der Waals surface area contributed by atoms with Crippen LogP contribution in [0.1, 0.15) is 23.0 Å². The Balaban J connectivity index is 1.67. The average Bonchev–Trinajstić information content (AvgIpc) is 3.09. The van der Waals surface area contributed by atoms with Crippen LogP contribution < -0.4 is 10.6 Å². The molecule has 25 heavy (non-hydrogen) atoms. The molecule has 1 aromatic carbocycles. The Bertz CT molecular complexity index is 876. The number of nitrogens with zero attached hydrogens (tertiary/aromatic N) is 2. The number of hydrogen-bond donors (Lipinski definition) is 2. The topological polar surface area (TPSA) is 84.0 Å². The second-order valence-electron chi connectivity index (χ2n) is 5.31. The average molecular weight is 352 g/mol. The molecule has 0 aliphatic heterocycles. The highest BCUT2D eigenvalue weighted by Gasteiger charge is 2.10. The zero-order valence-corrected chi connectivity index (χ0v) is 14.3. The smallest absolute Gasteiger partial charge is 0.276 e. The fourth-order valence-electron chi connectivity index (χ4n) is 2.14. The van der Waals surface area contributed by atoms with E-state index in [-0.39, 0.29) is 11.8 Å². The molecule has 0 saturated heterocycles. The minimum Gasteiger partial charge on any atom is -0.352 e. The second-order valence-corrected chi connectivity index (χ2v) is 6.17. The molecule has 0 aliphatic carbocycles. The number of hydrogen-bond acceptors (Lipinski definition) is 5. The molecule has 3 rings (SSSR count). The summed E-state index contributed by atoms with van der Waals surface area (Å²) in [6.07, 6.45) is 1.57. The van der Waals surface area contributed by atoms with Crippen LogP contribution in [0.3, 0.4) is 0 Å². The van der Waals surface area contributed by atoms with Gasteiger partial charge in [0.25, 0.3) is 5.91 Å². The summed E-state index contributed by atoms with van der Waals surface area (Å²) in [5.41, 5.74) is 3.09. The molecule has 0 bridgehead atoms. The highest BCUT2D eigenvalue weighted by Crippen LogP contribution is 2.25. The van der Waals surface area contributed by atoms with E-state index in [0.717, 1.165) is 16.8 Å². The summed E-state index contributed by atoms with van der Waals surface area (Å²) in [6.45, 7) is 1.99. The molecule has 2 heterocycles. The first-order valence-corrected chi connectivity index (χ1v) is 8.51. The van der Waals surface area contributed by atoms with Crippen LogP contribution >= 0.6 is 11.3 Å². The molecule has 0 saturated carbocycles. The van der Waals surface area contributed by atoms with Gasteiger partial charge in [-0.3, -0.25) is 19.9 Å². The van der Waals surface area contributed by atoms with E-state index < -0.39 is 0 Å². The molecule has 2 N–H and O–H groups in total. The molecule has 0 radical (unpaired) electrons. The van der Waals surface area contributed by atoms with E-state index in [9.17, 15) is 9.59 Å². The Morgan fingerprint density at radius 3 is 2.60 bits per heavy atom. The van der Waals surface area contributed by atoms with Crippen molar-refractivity contribution in [3.05, 3.63) is 65.3 Å². The molecule has 6 nitrogen and oxygen atoms in total. The van der Waals surface area contributed by atoms with Crippen LogP contribution in [0, 0.1) is 0 Å². The van der Waals surface area contributed by atoms with Crippen molar-refractivity contribution >= 4 is 28.3 Å². The zero-order valence-electron chi connectivity index (χ0n) is 13.5. The van der Waals surface area contributed by atoms with Crippen LogP contribution in [-0.2, 0) is 11.3 Å². The monoisotopic (exact) mass is 352 g/mol. The molecule has 0 aliphatic rings. The number of aromatic nitrogens is 2. The van der Waals surface area contributed by atoms with Crippen molar-refractivity contribution in [2.24, 2.45) is 0 Å².